The fraction of sp³-hybridized carbons (Fsp3) is 0. The van der Waals surface area contributed by atoms with Crippen molar-refractivity contribution < 1.29 is 4.42 Å². The zero-order valence-electron chi connectivity index (χ0n) is 8.31. The first-order chi connectivity index (χ1) is 7.93. The maximum Gasteiger partial charge on any atom is 0.171 e. The third-order valence-corrected chi connectivity index (χ3v) is 3.73. The molecule has 0 bridgehead atoms. The van der Waals surface area contributed by atoms with E-state index in [9.17, 15) is 0 Å². The first kappa shape index (κ1) is 8.30. The molecule has 0 aliphatic rings. The molecule has 0 spiro atoms. The van der Waals surface area contributed by atoms with Gasteiger partial charge >= 0.3 is 0 Å². The van der Waals surface area contributed by atoms with Crippen LogP contribution in [0.5, 0.6) is 0 Å². The number of furan rings is 1. The van der Waals surface area contributed by atoms with Gasteiger partial charge in [0.2, 0.25) is 0 Å². The van der Waals surface area contributed by atoms with Crippen molar-refractivity contribution in [2.75, 3.05) is 0 Å². The Morgan fingerprint density at radius 3 is 3.06 bits per heavy atom. The third-order valence-electron chi connectivity index (χ3n) is 2.80. The number of pyridine rings is 1. The van der Waals surface area contributed by atoms with Crippen molar-refractivity contribution in [1.29, 1.82) is 0 Å². The number of hydrogen-bond donors (Lipinski definition) is 0. The van der Waals surface area contributed by atoms with E-state index in [2.05, 4.69) is 16.4 Å². The smallest absolute Gasteiger partial charge is 0.171 e. The van der Waals surface area contributed by atoms with Crippen LogP contribution in [0.3, 0.4) is 0 Å². The Bertz CT molecular complexity index is 812. The van der Waals surface area contributed by atoms with Crippen molar-refractivity contribution in [2.45, 2.75) is 0 Å². The standard InChI is InChI=1S/C13H7NOS/c1-2-4-10-9(3-1)11-12(15-10)13-8(7-14-11)5-6-16-13/h1-7H. The summed E-state index contributed by atoms with van der Waals surface area (Å²) < 4.78 is 7.05. The van der Waals surface area contributed by atoms with Gasteiger partial charge in [0.25, 0.3) is 0 Å². The highest BCUT2D eigenvalue weighted by Crippen LogP contribution is 2.34. The van der Waals surface area contributed by atoms with E-state index in [1.165, 1.54) is 4.70 Å². The lowest BCUT2D eigenvalue weighted by atomic mass is 10.2. The average Bonchev–Trinajstić information content (AvgIpc) is 2.92. The molecule has 0 fully saturated rings. The number of hydrogen-bond acceptors (Lipinski definition) is 3. The normalized spacial score (nSPS) is 11.8. The Hall–Kier alpha value is -1.87. The summed E-state index contributed by atoms with van der Waals surface area (Å²) in [5, 5.41) is 4.31. The number of benzene rings is 1. The summed E-state index contributed by atoms with van der Waals surface area (Å²) in [6.07, 6.45) is 1.91. The van der Waals surface area contributed by atoms with Gasteiger partial charge in [-0.05, 0) is 23.6 Å². The fourth-order valence-electron chi connectivity index (χ4n) is 2.05. The molecule has 0 radical (unpaired) electrons. The molecule has 0 N–H and O–H groups in total. The molecule has 1 aromatic carbocycles. The molecule has 4 aromatic rings. The summed E-state index contributed by atoms with van der Waals surface area (Å²) in [5.41, 5.74) is 2.78. The topological polar surface area (TPSA) is 26.0 Å². The lowest BCUT2D eigenvalue weighted by Gasteiger charge is -1.89. The summed E-state index contributed by atoms with van der Waals surface area (Å²) >= 11 is 1.70. The Morgan fingerprint density at radius 2 is 2.06 bits per heavy atom. The molecule has 76 valence electrons. The van der Waals surface area contributed by atoms with Crippen molar-refractivity contribution in [2.24, 2.45) is 0 Å². The molecule has 2 nitrogen and oxygen atoms in total. The monoisotopic (exact) mass is 225 g/mol. The zero-order chi connectivity index (χ0) is 10.5. The summed E-state index contributed by atoms with van der Waals surface area (Å²) in [7, 11) is 0. The van der Waals surface area contributed by atoms with E-state index >= 15 is 0 Å². The van der Waals surface area contributed by atoms with Gasteiger partial charge in [-0.3, -0.25) is 4.98 Å². The number of fused-ring (bicyclic) bond motifs is 5. The second-order valence-corrected chi connectivity index (χ2v) is 4.66. The quantitative estimate of drug-likeness (QED) is 0.448. The minimum atomic E-state index is 0.908. The van der Waals surface area contributed by atoms with Crippen LogP contribution >= 0.6 is 11.3 Å². The van der Waals surface area contributed by atoms with E-state index in [-0.39, 0.29) is 0 Å². The van der Waals surface area contributed by atoms with Gasteiger partial charge in [0, 0.05) is 17.0 Å². The van der Waals surface area contributed by atoms with Crippen LogP contribution in [0, 0.1) is 0 Å². The molecule has 16 heavy (non-hydrogen) atoms. The lowest BCUT2D eigenvalue weighted by Crippen LogP contribution is -1.72. The summed E-state index contributed by atoms with van der Waals surface area (Å²) in [6.45, 7) is 0. The van der Waals surface area contributed by atoms with Crippen LogP contribution in [0.2, 0.25) is 0 Å². The molecule has 0 amide bonds. The fourth-order valence-corrected chi connectivity index (χ4v) is 2.91. The van der Waals surface area contributed by atoms with E-state index in [0.29, 0.717) is 0 Å². The van der Waals surface area contributed by atoms with Gasteiger partial charge in [0.05, 0.1) is 4.70 Å². The van der Waals surface area contributed by atoms with Gasteiger partial charge in [-0.25, -0.2) is 0 Å². The van der Waals surface area contributed by atoms with E-state index in [4.69, 9.17) is 4.42 Å². The highest BCUT2D eigenvalue weighted by molar-refractivity contribution is 7.18. The Kier molecular flexibility index (Phi) is 1.47. The summed E-state index contributed by atoms with van der Waals surface area (Å²) in [5.74, 6) is 0. The zero-order valence-corrected chi connectivity index (χ0v) is 9.12. The van der Waals surface area contributed by atoms with E-state index in [0.717, 1.165) is 27.5 Å². The number of nitrogens with zero attached hydrogens (tertiary/aromatic N) is 1. The van der Waals surface area contributed by atoms with Crippen LogP contribution < -0.4 is 0 Å². The number of para-hydroxylation sites is 1. The largest absolute Gasteiger partial charge is 0.453 e. The van der Waals surface area contributed by atoms with Crippen molar-refractivity contribution in [3.8, 4) is 0 Å². The molecule has 0 atom stereocenters. The predicted molar refractivity (Wildman–Crippen MR) is 66.9 cm³/mol. The molecular weight excluding hydrogens is 218 g/mol. The molecule has 4 rings (SSSR count). The van der Waals surface area contributed by atoms with Crippen LogP contribution in [0.4, 0.5) is 0 Å². The first-order valence-corrected chi connectivity index (χ1v) is 5.95. The van der Waals surface area contributed by atoms with Crippen LogP contribution in [-0.2, 0) is 0 Å². The molecule has 0 saturated heterocycles. The predicted octanol–water partition coefficient (Wildman–Crippen LogP) is 4.20. The third kappa shape index (κ3) is 0.933. The van der Waals surface area contributed by atoms with Crippen molar-refractivity contribution in [3.63, 3.8) is 0 Å². The molecule has 0 unspecified atom stereocenters. The molecule has 3 heterocycles. The minimum Gasteiger partial charge on any atom is -0.453 e. The molecule has 0 saturated carbocycles. The Morgan fingerprint density at radius 1 is 1.12 bits per heavy atom. The van der Waals surface area contributed by atoms with Crippen molar-refractivity contribution in [1.82, 2.24) is 4.98 Å². The number of thiophene rings is 1. The second kappa shape index (κ2) is 2.83. The SMILES string of the molecule is c1ccc2c(c1)oc1c2ncc2ccsc21. The van der Waals surface area contributed by atoms with Gasteiger partial charge in [-0.15, -0.1) is 11.3 Å². The van der Waals surface area contributed by atoms with Gasteiger partial charge in [0.15, 0.2) is 5.58 Å². The maximum absolute atomic E-state index is 5.87. The van der Waals surface area contributed by atoms with E-state index in [1.54, 1.807) is 11.3 Å². The van der Waals surface area contributed by atoms with Crippen LogP contribution in [0.25, 0.3) is 32.2 Å². The van der Waals surface area contributed by atoms with Crippen LogP contribution in [-0.4, -0.2) is 4.98 Å². The Balaban J connectivity index is 2.38. The number of aromatic nitrogens is 1. The molecule has 0 aliphatic carbocycles. The molecule has 3 heteroatoms. The molecule has 3 aromatic heterocycles. The summed E-state index contributed by atoms with van der Waals surface area (Å²) in [4.78, 5) is 4.48. The first-order valence-electron chi connectivity index (χ1n) is 5.07. The highest BCUT2D eigenvalue weighted by atomic mass is 32.1. The van der Waals surface area contributed by atoms with Crippen LogP contribution in [0.1, 0.15) is 0 Å². The van der Waals surface area contributed by atoms with Crippen molar-refractivity contribution in [3.05, 3.63) is 41.9 Å². The van der Waals surface area contributed by atoms with Gasteiger partial charge < -0.3 is 4.42 Å². The second-order valence-electron chi connectivity index (χ2n) is 3.74. The van der Waals surface area contributed by atoms with Gasteiger partial charge in [-0.1, -0.05) is 12.1 Å². The van der Waals surface area contributed by atoms with Gasteiger partial charge in [0.1, 0.15) is 11.1 Å². The maximum atomic E-state index is 5.87. The summed E-state index contributed by atoms with van der Waals surface area (Å²) in [6, 6.07) is 10.1. The Labute approximate surface area is 95.1 Å². The average molecular weight is 225 g/mol. The van der Waals surface area contributed by atoms with Crippen molar-refractivity contribution >= 4 is 43.5 Å². The number of rotatable bonds is 0. The highest BCUT2D eigenvalue weighted by Gasteiger charge is 2.11. The molecular formula is C13H7NOS. The lowest BCUT2D eigenvalue weighted by molar-refractivity contribution is 0.672. The molecule has 0 aliphatic heterocycles. The minimum absolute atomic E-state index is 0.908. The van der Waals surface area contributed by atoms with E-state index < -0.39 is 0 Å². The van der Waals surface area contributed by atoms with E-state index in [1.807, 2.05) is 30.5 Å². The van der Waals surface area contributed by atoms with Gasteiger partial charge in [-0.2, -0.15) is 0 Å². The van der Waals surface area contributed by atoms with Crippen LogP contribution in [0.15, 0.2) is 46.3 Å².